The number of urea groups is 1. The third kappa shape index (κ3) is 5.47. The van der Waals surface area contributed by atoms with Gasteiger partial charge in [0.2, 0.25) is 11.1 Å². The number of aromatic nitrogens is 4. The number of rotatable bonds is 6. The summed E-state index contributed by atoms with van der Waals surface area (Å²) in [6.45, 7) is 0.547. The van der Waals surface area contributed by atoms with Crippen LogP contribution in [0.3, 0.4) is 0 Å². The first-order valence-electron chi connectivity index (χ1n) is 7.26. The van der Waals surface area contributed by atoms with Crippen LogP contribution in [0.5, 0.6) is 0 Å². The quantitative estimate of drug-likeness (QED) is 0.598. The highest BCUT2D eigenvalue weighted by Crippen LogP contribution is 2.19. The van der Waals surface area contributed by atoms with Crippen LogP contribution in [0.15, 0.2) is 16.8 Å². The van der Waals surface area contributed by atoms with Crippen LogP contribution in [0, 0.1) is 0 Å². The van der Waals surface area contributed by atoms with Crippen molar-refractivity contribution in [3.8, 4) is 0 Å². The number of hydrogen-bond acceptors (Lipinski definition) is 6. The number of nitrogens with one attached hydrogen (secondary N) is 2. The van der Waals surface area contributed by atoms with Crippen LogP contribution >= 0.6 is 11.8 Å². The Kier molecular flexibility index (Phi) is 6.38. The summed E-state index contributed by atoms with van der Waals surface area (Å²) >= 11 is 1.18. The molecule has 0 saturated carbocycles. The Bertz CT molecular complexity index is 556. The minimum absolute atomic E-state index is 0.0901. The van der Waals surface area contributed by atoms with E-state index in [0.29, 0.717) is 11.7 Å². The Balaban J connectivity index is 1.60. The Morgan fingerprint density at radius 1 is 1.41 bits per heavy atom. The molecule has 0 bridgehead atoms. The van der Waals surface area contributed by atoms with Gasteiger partial charge in [-0.05, 0) is 42.5 Å². The summed E-state index contributed by atoms with van der Waals surface area (Å²) in [5.74, 6) is -0.283. The van der Waals surface area contributed by atoms with Crippen LogP contribution in [0.1, 0.15) is 32.1 Å². The fourth-order valence-corrected chi connectivity index (χ4v) is 2.80. The maximum absolute atomic E-state index is 11.6. The molecule has 0 aromatic carbocycles. The lowest BCUT2D eigenvalue weighted by molar-refractivity contribution is -0.117. The van der Waals surface area contributed by atoms with Gasteiger partial charge in [0.05, 0.1) is 5.75 Å². The molecule has 0 aliphatic heterocycles. The van der Waals surface area contributed by atoms with Gasteiger partial charge in [0, 0.05) is 13.6 Å². The zero-order valence-electron chi connectivity index (χ0n) is 12.5. The van der Waals surface area contributed by atoms with Crippen molar-refractivity contribution >= 4 is 23.7 Å². The smallest absolute Gasteiger partial charge is 0.321 e. The highest BCUT2D eigenvalue weighted by atomic mass is 32.2. The molecule has 9 heteroatoms. The summed E-state index contributed by atoms with van der Waals surface area (Å²) in [7, 11) is 1.69. The van der Waals surface area contributed by atoms with E-state index in [1.165, 1.54) is 34.9 Å². The van der Waals surface area contributed by atoms with Gasteiger partial charge in [-0.1, -0.05) is 23.4 Å². The Hall–Kier alpha value is -1.90. The maximum atomic E-state index is 11.6. The number of allylic oxidation sites excluding steroid dienone is 1. The van der Waals surface area contributed by atoms with Gasteiger partial charge >= 0.3 is 6.03 Å². The van der Waals surface area contributed by atoms with Crippen LogP contribution in [0.25, 0.3) is 0 Å². The fourth-order valence-electron chi connectivity index (χ4n) is 2.15. The minimum Gasteiger partial charge on any atom is -0.337 e. The number of carbonyl (C=O) groups excluding carboxylic acids is 2. The second-order valence-electron chi connectivity index (χ2n) is 5.04. The van der Waals surface area contributed by atoms with E-state index in [2.05, 4.69) is 32.2 Å². The molecule has 1 aliphatic carbocycles. The monoisotopic (exact) mass is 324 g/mol. The number of tetrazole rings is 1. The number of imide groups is 1. The molecule has 0 saturated heterocycles. The minimum atomic E-state index is -0.460. The second kappa shape index (κ2) is 8.52. The molecule has 22 heavy (non-hydrogen) atoms. The molecule has 1 aromatic rings. The van der Waals surface area contributed by atoms with Crippen molar-refractivity contribution in [2.45, 2.75) is 37.3 Å². The van der Waals surface area contributed by atoms with Gasteiger partial charge in [-0.15, -0.1) is 5.10 Å². The van der Waals surface area contributed by atoms with Crippen molar-refractivity contribution in [2.75, 3.05) is 12.3 Å². The topological polar surface area (TPSA) is 102 Å². The number of nitrogens with zero attached hydrogens (tertiary/aromatic N) is 4. The molecular formula is C13H20N6O2S. The lowest BCUT2D eigenvalue weighted by Gasteiger charge is -2.13. The van der Waals surface area contributed by atoms with Gasteiger partial charge in [0.25, 0.3) is 0 Å². The van der Waals surface area contributed by atoms with Crippen molar-refractivity contribution in [1.82, 2.24) is 30.8 Å². The fraction of sp³-hybridized carbons (Fsp3) is 0.615. The first kappa shape index (κ1) is 16.5. The van der Waals surface area contributed by atoms with Gasteiger partial charge in [-0.25, -0.2) is 9.48 Å². The van der Waals surface area contributed by atoms with Crippen molar-refractivity contribution in [3.05, 3.63) is 11.6 Å². The number of carbonyl (C=O) groups is 2. The molecule has 0 spiro atoms. The average Bonchev–Trinajstić information content (AvgIpc) is 2.91. The van der Waals surface area contributed by atoms with Crippen molar-refractivity contribution in [2.24, 2.45) is 7.05 Å². The van der Waals surface area contributed by atoms with Gasteiger partial charge in [0.1, 0.15) is 0 Å². The van der Waals surface area contributed by atoms with E-state index >= 15 is 0 Å². The number of aryl methyl sites for hydroxylation is 1. The molecule has 1 heterocycles. The molecule has 8 nitrogen and oxygen atoms in total. The van der Waals surface area contributed by atoms with Crippen LogP contribution in [0.4, 0.5) is 4.79 Å². The molecule has 2 N–H and O–H groups in total. The lowest BCUT2D eigenvalue weighted by Crippen LogP contribution is -2.40. The van der Waals surface area contributed by atoms with Crippen LogP contribution in [0.2, 0.25) is 0 Å². The number of hydrogen-bond donors (Lipinski definition) is 2. The van der Waals surface area contributed by atoms with Crippen molar-refractivity contribution < 1.29 is 9.59 Å². The molecule has 1 aliphatic rings. The summed E-state index contributed by atoms with van der Waals surface area (Å²) in [6, 6.07) is -0.460. The molecule has 0 unspecified atom stereocenters. The summed E-state index contributed by atoms with van der Waals surface area (Å²) in [6.07, 6.45) is 7.83. The van der Waals surface area contributed by atoms with E-state index in [9.17, 15) is 9.59 Å². The normalized spacial score (nSPS) is 14.3. The third-order valence-electron chi connectivity index (χ3n) is 3.28. The third-order valence-corrected chi connectivity index (χ3v) is 4.29. The highest BCUT2D eigenvalue weighted by molar-refractivity contribution is 7.99. The van der Waals surface area contributed by atoms with E-state index in [0.717, 1.165) is 19.3 Å². The zero-order valence-corrected chi connectivity index (χ0v) is 13.4. The van der Waals surface area contributed by atoms with Crippen molar-refractivity contribution in [1.29, 1.82) is 0 Å². The molecule has 0 radical (unpaired) electrons. The lowest BCUT2D eigenvalue weighted by atomic mass is 9.97. The first-order valence-corrected chi connectivity index (χ1v) is 8.24. The molecule has 2 rings (SSSR count). The number of amides is 3. The molecule has 0 fully saturated rings. The second-order valence-corrected chi connectivity index (χ2v) is 5.98. The zero-order chi connectivity index (χ0) is 15.8. The average molecular weight is 324 g/mol. The van der Waals surface area contributed by atoms with Gasteiger partial charge < -0.3 is 5.32 Å². The maximum Gasteiger partial charge on any atom is 0.321 e. The molecule has 3 amide bonds. The Morgan fingerprint density at radius 2 is 2.27 bits per heavy atom. The van der Waals surface area contributed by atoms with Crippen molar-refractivity contribution in [3.63, 3.8) is 0 Å². The summed E-state index contributed by atoms with van der Waals surface area (Å²) in [4.78, 5) is 23.2. The summed E-state index contributed by atoms with van der Waals surface area (Å²) in [5, 5.41) is 16.4. The highest BCUT2D eigenvalue weighted by Gasteiger charge is 2.11. The Morgan fingerprint density at radius 3 is 2.95 bits per heavy atom. The number of thioether (sulfide) groups is 1. The molecule has 0 atom stereocenters. The SMILES string of the molecule is Cn1nnnc1SCC(=O)NC(=O)NCCC1=CCCCC1. The van der Waals surface area contributed by atoms with E-state index in [1.807, 2.05) is 0 Å². The molecule has 1 aromatic heterocycles. The van der Waals surface area contributed by atoms with Gasteiger partial charge in [-0.3, -0.25) is 10.1 Å². The first-order chi connectivity index (χ1) is 10.6. The predicted molar refractivity (Wildman–Crippen MR) is 82.2 cm³/mol. The van der Waals surface area contributed by atoms with Crippen LogP contribution in [-0.2, 0) is 11.8 Å². The van der Waals surface area contributed by atoms with Crippen LogP contribution in [-0.4, -0.2) is 44.4 Å². The standard InChI is InChI=1S/C13H20N6O2S/c1-19-13(16-17-18-19)22-9-11(20)15-12(21)14-8-7-10-5-3-2-4-6-10/h5H,2-4,6-9H2,1H3,(H2,14,15,20,21). The molecular weight excluding hydrogens is 304 g/mol. The van der Waals surface area contributed by atoms with Crippen LogP contribution < -0.4 is 10.6 Å². The summed E-state index contributed by atoms with van der Waals surface area (Å²) in [5.41, 5.74) is 1.39. The van der Waals surface area contributed by atoms with E-state index in [-0.39, 0.29) is 11.7 Å². The summed E-state index contributed by atoms with van der Waals surface area (Å²) < 4.78 is 1.47. The molecule has 120 valence electrons. The van der Waals surface area contributed by atoms with E-state index in [4.69, 9.17) is 0 Å². The van der Waals surface area contributed by atoms with E-state index < -0.39 is 6.03 Å². The Labute approximate surface area is 133 Å². The van der Waals surface area contributed by atoms with Gasteiger partial charge in [-0.2, -0.15) is 0 Å². The van der Waals surface area contributed by atoms with E-state index in [1.54, 1.807) is 7.05 Å². The van der Waals surface area contributed by atoms with Gasteiger partial charge in [0.15, 0.2) is 0 Å². The largest absolute Gasteiger partial charge is 0.337 e. The predicted octanol–water partition coefficient (Wildman–Crippen LogP) is 1.02.